The molecule has 3 N–H and O–H groups in total. The molecule has 0 saturated carbocycles. The van der Waals surface area contributed by atoms with Gasteiger partial charge in [-0.1, -0.05) is 12.1 Å². The number of amides is 2. The quantitative estimate of drug-likeness (QED) is 0.480. The van der Waals surface area contributed by atoms with Gasteiger partial charge in [-0.05, 0) is 62.3 Å². The molecule has 0 atom stereocenters. The molecule has 31 heavy (non-hydrogen) atoms. The number of anilines is 1. The third-order valence-electron chi connectivity index (χ3n) is 5.42. The van der Waals surface area contributed by atoms with Gasteiger partial charge in [0.25, 0.3) is 11.8 Å². The van der Waals surface area contributed by atoms with E-state index in [0.717, 1.165) is 47.3 Å². The molecular weight excluding hydrogens is 416 g/mol. The first-order valence-corrected chi connectivity index (χ1v) is 11.1. The van der Waals surface area contributed by atoms with Crippen LogP contribution in [-0.2, 0) is 27.2 Å². The molecule has 8 heteroatoms. The van der Waals surface area contributed by atoms with Gasteiger partial charge >= 0.3 is 5.97 Å². The van der Waals surface area contributed by atoms with Crippen LogP contribution in [0.15, 0.2) is 18.2 Å². The highest BCUT2D eigenvalue weighted by molar-refractivity contribution is 7.17. The fraction of sp³-hybridized carbons (Fsp3) is 0.391. The van der Waals surface area contributed by atoms with Crippen molar-refractivity contribution >= 4 is 39.9 Å². The number of esters is 1. The zero-order valence-corrected chi connectivity index (χ0v) is 18.5. The first kappa shape index (κ1) is 22.7. The van der Waals surface area contributed by atoms with Crippen molar-refractivity contribution in [2.24, 2.45) is 5.73 Å². The Hall–Kier alpha value is -3.00. The van der Waals surface area contributed by atoms with Crippen LogP contribution < -0.4 is 11.1 Å². The third kappa shape index (κ3) is 5.58. The summed E-state index contributed by atoms with van der Waals surface area (Å²) in [5, 5.41) is 3.05. The highest BCUT2D eigenvalue weighted by Crippen LogP contribution is 2.37. The largest absolute Gasteiger partial charge is 0.456 e. The second kappa shape index (κ2) is 9.87. The molecule has 2 amide bonds. The van der Waals surface area contributed by atoms with E-state index < -0.39 is 24.4 Å². The first-order chi connectivity index (χ1) is 14.8. The van der Waals surface area contributed by atoms with Gasteiger partial charge in [0.05, 0.1) is 12.0 Å². The summed E-state index contributed by atoms with van der Waals surface area (Å²) in [4.78, 5) is 49.4. The highest BCUT2D eigenvalue weighted by atomic mass is 32.1. The minimum Gasteiger partial charge on any atom is -0.456 e. The summed E-state index contributed by atoms with van der Waals surface area (Å²) in [5.74, 6) is -1.90. The lowest BCUT2D eigenvalue weighted by atomic mass is 9.95. The lowest BCUT2D eigenvalue weighted by molar-refractivity contribution is -0.147. The summed E-state index contributed by atoms with van der Waals surface area (Å²) in [6.45, 7) is 3.40. The molecule has 164 valence electrons. The second-order valence-corrected chi connectivity index (χ2v) is 8.82. The summed E-state index contributed by atoms with van der Waals surface area (Å²) in [7, 11) is 0. The number of ether oxygens (including phenoxy) is 1. The van der Waals surface area contributed by atoms with Crippen molar-refractivity contribution in [3.8, 4) is 0 Å². The summed E-state index contributed by atoms with van der Waals surface area (Å²) in [5.41, 5.74) is 9.44. The molecule has 0 aliphatic heterocycles. The minimum absolute atomic E-state index is 0.00637. The zero-order valence-electron chi connectivity index (χ0n) is 17.7. The van der Waals surface area contributed by atoms with Crippen molar-refractivity contribution in [1.29, 1.82) is 0 Å². The van der Waals surface area contributed by atoms with Gasteiger partial charge in [0.15, 0.2) is 12.4 Å². The van der Waals surface area contributed by atoms with Crippen molar-refractivity contribution in [3.63, 3.8) is 0 Å². The maximum Gasteiger partial charge on any atom is 0.306 e. The fourth-order valence-corrected chi connectivity index (χ4v) is 4.88. The summed E-state index contributed by atoms with van der Waals surface area (Å²) in [6.07, 6.45) is 3.54. The third-order valence-corrected chi connectivity index (χ3v) is 6.63. The van der Waals surface area contributed by atoms with Crippen molar-refractivity contribution in [2.45, 2.75) is 52.4 Å². The first-order valence-electron chi connectivity index (χ1n) is 10.3. The lowest BCUT2D eigenvalue weighted by Crippen LogP contribution is -2.23. The Labute approximate surface area is 185 Å². The highest BCUT2D eigenvalue weighted by Gasteiger charge is 2.25. The van der Waals surface area contributed by atoms with Crippen LogP contribution in [0.1, 0.15) is 68.0 Å². The molecule has 0 unspecified atom stereocenters. The van der Waals surface area contributed by atoms with E-state index in [2.05, 4.69) is 5.32 Å². The molecule has 0 spiro atoms. The molecule has 2 aromatic rings. The number of Topliss-reactive ketones (excluding diaryl/α,β-unsaturated/α-hetero) is 1. The molecule has 1 aliphatic rings. The molecular formula is C23H26N2O5S. The van der Waals surface area contributed by atoms with Crippen LogP contribution in [0, 0.1) is 13.8 Å². The summed E-state index contributed by atoms with van der Waals surface area (Å²) in [6, 6.07) is 5.40. The Morgan fingerprint density at radius 1 is 1.06 bits per heavy atom. The van der Waals surface area contributed by atoms with Gasteiger partial charge in [-0.3, -0.25) is 19.2 Å². The molecule has 1 aromatic carbocycles. The molecule has 3 rings (SSSR count). The Morgan fingerprint density at radius 2 is 1.81 bits per heavy atom. The number of nitrogens with two attached hydrogens (primary N) is 1. The number of primary amides is 1. The van der Waals surface area contributed by atoms with E-state index in [1.54, 1.807) is 12.1 Å². The number of hydrogen-bond donors (Lipinski definition) is 2. The van der Waals surface area contributed by atoms with E-state index in [0.29, 0.717) is 16.1 Å². The average Bonchev–Trinajstić information content (AvgIpc) is 3.10. The fourth-order valence-electron chi connectivity index (χ4n) is 3.57. The van der Waals surface area contributed by atoms with Gasteiger partial charge in [0, 0.05) is 16.9 Å². The maximum absolute atomic E-state index is 12.3. The molecule has 0 bridgehead atoms. The van der Waals surface area contributed by atoms with Crippen LogP contribution in [0.4, 0.5) is 5.00 Å². The van der Waals surface area contributed by atoms with Crippen molar-refractivity contribution in [3.05, 3.63) is 50.9 Å². The summed E-state index contributed by atoms with van der Waals surface area (Å²) >= 11 is 1.35. The lowest BCUT2D eigenvalue weighted by Gasteiger charge is -2.11. The van der Waals surface area contributed by atoms with Gasteiger partial charge in [0.1, 0.15) is 5.00 Å². The van der Waals surface area contributed by atoms with Crippen molar-refractivity contribution in [1.82, 2.24) is 0 Å². The molecule has 0 fully saturated rings. The van der Waals surface area contributed by atoms with Crippen molar-refractivity contribution < 1.29 is 23.9 Å². The van der Waals surface area contributed by atoms with E-state index in [4.69, 9.17) is 10.5 Å². The van der Waals surface area contributed by atoms with E-state index in [1.165, 1.54) is 11.3 Å². The Bertz CT molecular complexity index is 1040. The van der Waals surface area contributed by atoms with Gasteiger partial charge in [-0.25, -0.2) is 0 Å². The minimum atomic E-state index is -0.632. The molecule has 1 aliphatic carbocycles. The van der Waals surface area contributed by atoms with E-state index >= 15 is 0 Å². The second-order valence-electron chi connectivity index (χ2n) is 7.71. The number of rotatable bonds is 8. The number of ketones is 1. The SMILES string of the molecule is Cc1ccc(C(=O)CCC(=O)OCC(=O)Nc2sc3c(c2C(N)=O)CCCC3)cc1C. The van der Waals surface area contributed by atoms with E-state index in [1.807, 2.05) is 19.9 Å². The number of benzene rings is 1. The molecule has 1 aromatic heterocycles. The van der Waals surface area contributed by atoms with Crippen LogP contribution >= 0.6 is 11.3 Å². The van der Waals surface area contributed by atoms with Crippen LogP contribution in [0.3, 0.4) is 0 Å². The standard InChI is InChI=1S/C23H26N2O5S/c1-13-7-8-15(11-14(13)2)17(26)9-10-20(28)30-12-19(27)25-23-21(22(24)29)16-5-3-4-6-18(16)31-23/h7-8,11H,3-6,9-10,12H2,1-2H3,(H2,24,29)(H,25,27). The predicted octanol–water partition coefficient (Wildman–Crippen LogP) is 3.49. The molecule has 0 saturated heterocycles. The van der Waals surface area contributed by atoms with Gasteiger partial charge in [0.2, 0.25) is 0 Å². The molecule has 1 heterocycles. The van der Waals surface area contributed by atoms with Gasteiger partial charge in [-0.15, -0.1) is 11.3 Å². The Kier molecular flexibility index (Phi) is 7.22. The number of carbonyl (C=O) groups is 4. The van der Waals surface area contributed by atoms with Gasteiger partial charge < -0.3 is 15.8 Å². The number of aryl methyl sites for hydroxylation is 3. The van der Waals surface area contributed by atoms with Crippen molar-refractivity contribution in [2.75, 3.05) is 11.9 Å². The Morgan fingerprint density at radius 3 is 2.52 bits per heavy atom. The number of carbonyl (C=O) groups excluding carboxylic acids is 4. The van der Waals surface area contributed by atoms with Crippen LogP contribution in [0.2, 0.25) is 0 Å². The zero-order chi connectivity index (χ0) is 22.5. The average molecular weight is 443 g/mol. The van der Waals surface area contributed by atoms with Crippen LogP contribution in [0.5, 0.6) is 0 Å². The smallest absolute Gasteiger partial charge is 0.306 e. The summed E-state index contributed by atoms with van der Waals surface area (Å²) < 4.78 is 4.99. The molecule has 7 nitrogen and oxygen atoms in total. The number of thiophene rings is 1. The van der Waals surface area contributed by atoms with Crippen LogP contribution in [-0.4, -0.2) is 30.2 Å². The van der Waals surface area contributed by atoms with Gasteiger partial charge in [-0.2, -0.15) is 0 Å². The van der Waals surface area contributed by atoms with Crippen LogP contribution in [0.25, 0.3) is 0 Å². The number of hydrogen-bond acceptors (Lipinski definition) is 6. The maximum atomic E-state index is 12.3. The topological polar surface area (TPSA) is 116 Å². The number of nitrogens with one attached hydrogen (secondary N) is 1. The predicted molar refractivity (Wildman–Crippen MR) is 119 cm³/mol. The molecule has 0 radical (unpaired) electrons. The van der Waals surface area contributed by atoms with E-state index in [-0.39, 0.29) is 18.6 Å². The van der Waals surface area contributed by atoms with E-state index in [9.17, 15) is 19.2 Å². The number of fused-ring (bicyclic) bond motifs is 1. The Balaban J connectivity index is 1.50. The monoisotopic (exact) mass is 442 g/mol. The normalized spacial score (nSPS) is 12.7.